The highest BCUT2D eigenvalue weighted by molar-refractivity contribution is 5.95. The number of rotatable bonds is 5. The van der Waals surface area contributed by atoms with Crippen LogP contribution >= 0.6 is 0 Å². The maximum absolute atomic E-state index is 12.6. The number of hydrogen-bond donors (Lipinski definition) is 3. The van der Waals surface area contributed by atoms with Crippen LogP contribution < -0.4 is 15.4 Å². The van der Waals surface area contributed by atoms with Gasteiger partial charge in [0.25, 0.3) is 5.91 Å². The van der Waals surface area contributed by atoms with Crippen molar-refractivity contribution in [3.8, 4) is 17.4 Å². The number of carbonyl (C=O) groups excluding carboxylic acids is 1. The molecule has 138 valence electrons. The SMILES string of the molecule is CCOc1ncc2c(n1)-c1n[nH]c(C(=O)NCC3CCNCC3)c1CC2. The van der Waals surface area contributed by atoms with Crippen LogP contribution in [0.5, 0.6) is 6.01 Å². The lowest BCUT2D eigenvalue weighted by Crippen LogP contribution is -2.36. The summed E-state index contributed by atoms with van der Waals surface area (Å²) in [5.41, 5.74) is 4.02. The Hall–Kier alpha value is -2.48. The number of aromatic nitrogens is 4. The molecule has 1 aliphatic carbocycles. The molecule has 2 aromatic heterocycles. The summed E-state index contributed by atoms with van der Waals surface area (Å²) in [5.74, 6) is 0.459. The molecule has 2 aliphatic rings. The van der Waals surface area contributed by atoms with Crippen LogP contribution in [0.2, 0.25) is 0 Å². The van der Waals surface area contributed by atoms with Gasteiger partial charge in [0.1, 0.15) is 17.1 Å². The fourth-order valence-electron chi connectivity index (χ4n) is 3.64. The minimum atomic E-state index is -0.0835. The zero-order chi connectivity index (χ0) is 17.9. The first kappa shape index (κ1) is 17.0. The van der Waals surface area contributed by atoms with Crippen LogP contribution in [0.3, 0.4) is 0 Å². The van der Waals surface area contributed by atoms with Crippen LogP contribution in [0, 0.1) is 5.92 Å². The van der Waals surface area contributed by atoms with Crippen molar-refractivity contribution in [2.75, 3.05) is 26.2 Å². The van der Waals surface area contributed by atoms with Gasteiger partial charge in [-0.3, -0.25) is 9.89 Å². The number of aromatic amines is 1. The van der Waals surface area contributed by atoms with Gasteiger partial charge in [0, 0.05) is 18.3 Å². The first-order chi connectivity index (χ1) is 12.8. The van der Waals surface area contributed by atoms with Crippen LogP contribution in [0.4, 0.5) is 0 Å². The molecule has 8 heteroatoms. The highest BCUT2D eigenvalue weighted by Crippen LogP contribution is 2.32. The normalized spacial score (nSPS) is 16.7. The Labute approximate surface area is 152 Å². The number of hydrogen-bond acceptors (Lipinski definition) is 6. The zero-order valence-corrected chi connectivity index (χ0v) is 15.0. The van der Waals surface area contributed by atoms with Crippen LogP contribution in [-0.2, 0) is 12.8 Å². The summed E-state index contributed by atoms with van der Waals surface area (Å²) in [6.45, 7) is 5.17. The molecule has 1 saturated heterocycles. The minimum absolute atomic E-state index is 0.0835. The maximum Gasteiger partial charge on any atom is 0.316 e. The quantitative estimate of drug-likeness (QED) is 0.741. The van der Waals surface area contributed by atoms with Crippen molar-refractivity contribution in [1.29, 1.82) is 0 Å². The van der Waals surface area contributed by atoms with E-state index in [9.17, 15) is 4.79 Å². The largest absolute Gasteiger partial charge is 0.464 e. The van der Waals surface area contributed by atoms with Gasteiger partial charge in [-0.25, -0.2) is 4.98 Å². The predicted octanol–water partition coefficient (Wildman–Crippen LogP) is 1.09. The van der Waals surface area contributed by atoms with E-state index in [2.05, 4.69) is 30.8 Å². The summed E-state index contributed by atoms with van der Waals surface area (Å²) < 4.78 is 5.40. The molecule has 4 rings (SSSR count). The summed E-state index contributed by atoms with van der Waals surface area (Å²) in [6, 6.07) is 0.346. The van der Waals surface area contributed by atoms with E-state index in [4.69, 9.17) is 4.74 Å². The molecule has 8 nitrogen and oxygen atoms in total. The monoisotopic (exact) mass is 356 g/mol. The Kier molecular flexibility index (Phi) is 4.83. The van der Waals surface area contributed by atoms with E-state index in [1.54, 1.807) is 6.20 Å². The Balaban J connectivity index is 1.52. The highest BCUT2D eigenvalue weighted by atomic mass is 16.5. The smallest absolute Gasteiger partial charge is 0.316 e. The molecule has 1 aliphatic heterocycles. The van der Waals surface area contributed by atoms with Gasteiger partial charge in [0.05, 0.1) is 6.61 Å². The maximum atomic E-state index is 12.6. The number of H-pyrrole nitrogens is 1. The van der Waals surface area contributed by atoms with Crippen molar-refractivity contribution < 1.29 is 9.53 Å². The van der Waals surface area contributed by atoms with Crippen molar-refractivity contribution in [2.24, 2.45) is 5.92 Å². The van der Waals surface area contributed by atoms with E-state index in [0.717, 1.165) is 61.3 Å². The molecule has 0 radical (unpaired) electrons. The molecular formula is C18H24N6O2. The molecule has 1 fully saturated rings. The van der Waals surface area contributed by atoms with Crippen molar-refractivity contribution in [2.45, 2.75) is 32.6 Å². The third kappa shape index (κ3) is 3.29. The Morgan fingerprint density at radius 1 is 1.31 bits per heavy atom. The molecule has 0 bridgehead atoms. The summed E-state index contributed by atoms with van der Waals surface area (Å²) in [6.07, 6.45) is 5.55. The summed E-state index contributed by atoms with van der Waals surface area (Å²) in [7, 11) is 0. The van der Waals surface area contributed by atoms with E-state index in [-0.39, 0.29) is 5.91 Å². The molecule has 0 unspecified atom stereocenters. The van der Waals surface area contributed by atoms with Crippen LogP contribution in [0.15, 0.2) is 6.20 Å². The van der Waals surface area contributed by atoms with E-state index in [0.29, 0.717) is 30.8 Å². The molecule has 0 spiro atoms. The number of nitrogens with one attached hydrogen (secondary N) is 3. The third-order valence-corrected chi connectivity index (χ3v) is 5.09. The van der Waals surface area contributed by atoms with Gasteiger partial charge in [-0.1, -0.05) is 0 Å². The summed E-state index contributed by atoms with van der Waals surface area (Å²) in [4.78, 5) is 21.4. The topological polar surface area (TPSA) is 105 Å². The fraction of sp³-hybridized carbons (Fsp3) is 0.556. The third-order valence-electron chi connectivity index (χ3n) is 5.09. The molecular weight excluding hydrogens is 332 g/mol. The van der Waals surface area contributed by atoms with Crippen molar-refractivity contribution in [3.05, 3.63) is 23.0 Å². The van der Waals surface area contributed by atoms with Gasteiger partial charge in [-0.2, -0.15) is 10.1 Å². The van der Waals surface area contributed by atoms with Crippen LogP contribution in [-0.4, -0.2) is 52.3 Å². The lowest BCUT2D eigenvalue weighted by Gasteiger charge is -2.22. The van der Waals surface area contributed by atoms with Gasteiger partial charge in [-0.15, -0.1) is 0 Å². The standard InChI is InChI=1S/C18H24N6O2/c1-2-26-18-21-10-12-3-4-13-15(14(12)22-18)23-24-16(13)17(25)20-9-11-5-7-19-8-6-11/h10-11,19H,2-9H2,1H3,(H,20,25)(H,23,24). The summed E-state index contributed by atoms with van der Waals surface area (Å²) in [5, 5.41) is 13.7. The number of nitrogens with zero attached hydrogens (tertiary/aromatic N) is 3. The average Bonchev–Trinajstić information content (AvgIpc) is 3.12. The van der Waals surface area contributed by atoms with Crippen molar-refractivity contribution in [1.82, 2.24) is 30.8 Å². The van der Waals surface area contributed by atoms with Gasteiger partial charge >= 0.3 is 6.01 Å². The van der Waals surface area contributed by atoms with Crippen molar-refractivity contribution >= 4 is 5.91 Å². The number of piperidine rings is 1. The molecule has 26 heavy (non-hydrogen) atoms. The Morgan fingerprint density at radius 3 is 2.96 bits per heavy atom. The van der Waals surface area contributed by atoms with Gasteiger partial charge in [0.15, 0.2) is 0 Å². The van der Waals surface area contributed by atoms with Crippen LogP contribution in [0.1, 0.15) is 41.4 Å². The Morgan fingerprint density at radius 2 is 2.15 bits per heavy atom. The van der Waals surface area contributed by atoms with E-state index < -0.39 is 0 Å². The first-order valence-electron chi connectivity index (χ1n) is 9.31. The number of carbonyl (C=O) groups is 1. The molecule has 0 atom stereocenters. The van der Waals surface area contributed by atoms with Gasteiger partial charge < -0.3 is 15.4 Å². The second-order valence-electron chi connectivity index (χ2n) is 6.79. The number of amides is 1. The number of ether oxygens (including phenoxy) is 1. The average molecular weight is 356 g/mol. The van der Waals surface area contributed by atoms with E-state index >= 15 is 0 Å². The summed E-state index contributed by atoms with van der Waals surface area (Å²) >= 11 is 0. The second-order valence-corrected chi connectivity index (χ2v) is 6.79. The van der Waals surface area contributed by atoms with E-state index in [1.807, 2.05) is 6.92 Å². The lowest BCUT2D eigenvalue weighted by molar-refractivity contribution is 0.0938. The number of fused-ring (bicyclic) bond motifs is 3. The molecule has 3 N–H and O–H groups in total. The highest BCUT2D eigenvalue weighted by Gasteiger charge is 2.27. The second kappa shape index (κ2) is 7.41. The molecule has 0 saturated carbocycles. The van der Waals surface area contributed by atoms with Gasteiger partial charge in [0.2, 0.25) is 0 Å². The first-order valence-corrected chi connectivity index (χ1v) is 9.31. The zero-order valence-electron chi connectivity index (χ0n) is 15.0. The Bertz CT molecular complexity index is 797. The van der Waals surface area contributed by atoms with Gasteiger partial charge in [-0.05, 0) is 57.2 Å². The molecule has 1 amide bonds. The van der Waals surface area contributed by atoms with Crippen LogP contribution in [0.25, 0.3) is 11.4 Å². The number of aryl methyl sites for hydroxylation is 1. The molecule has 0 aromatic carbocycles. The molecule has 2 aromatic rings. The fourth-order valence-corrected chi connectivity index (χ4v) is 3.64. The van der Waals surface area contributed by atoms with Crippen molar-refractivity contribution in [3.63, 3.8) is 0 Å². The minimum Gasteiger partial charge on any atom is -0.464 e. The molecule has 3 heterocycles. The predicted molar refractivity (Wildman–Crippen MR) is 96.1 cm³/mol. The van der Waals surface area contributed by atoms with E-state index in [1.165, 1.54) is 0 Å². The lowest BCUT2D eigenvalue weighted by atomic mass is 9.93.